The molecule has 0 saturated carbocycles. The highest BCUT2D eigenvalue weighted by molar-refractivity contribution is 6.01. The van der Waals surface area contributed by atoms with Gasteiger partial charge in [-0.05, 0) is 49.7 Å². The van der Waals surface area contributed by atoms with Crippen LogP contribution >= 0.6 is 0 Å². The first-order valence-corrected chi connectivity index (χ1v) is 9.85. The van der Waals surface area contributed by atoms with Crippen molar-refractivity contribution in [3.8, 4) is 17.0 Å². The average Bonchev–Trinajstić information content (AvgIpc) is 3.38. The lowest BCUT2D eigenvalue weighted by atomic mass is 10.1. The fourth-order valence-corrected chi connectivity index (χ4v) is 3.21. The fraction of sp³-hybridized carbons (Fsp3) is 0.174. The van der Waals surface area contributed by atoms with Gasteiger partial charge in [0.1, 0.15) is 11.4 Å². The van der Waals surface area contributed by atoms with Gasteiger partial charge in [-0.1, -0.05) is 25.1 Å². The van der Waals surface area contributed by atoms with Gasteiger partial charge in [-0.3, -0.25) is 9.89 Å². The highest BCUT2D eigenvalue weighted by Gasteiger charge is 2.11. The molecular weight excluding hydrogens is 378 g/mol. The van der Waals surface area contributed by atoms with E-state index in [4.69, 9.17) is 4.74 Å². The third kappa shape index (κ3) is 4.10. The Morgan fingerprint density at radius 1 is 1.20 bits per heavy atom. The largest absolute Gasteiger partial charge is 0.494 e. The molecule has 0 unspecified atom stereocenters. The quantitative estimate of drug-likeness (QED) is 0.316. The number of nitrogens with one attached hydrogen (secondary N) is 3. The van der Waals surface area contributed by atoms with Crippen LogP contribution in [-0.2, 0) is 0 Å². The van der Waals surface area contributed by atoms with Crippen molar-refractivity contribution in [3.05, 3.63) is 71.5 Å². The predicted octanol–water partition coefficient (Wildman–Crippen LogP) is 4.42. The van der Waals surface area contributed by atoms with Gasteiger partial charge in [0.15, 0.2) is 0 Å². The average molecular weight is 401 g/mol. The molecule has 7 heteroatoms. The molecule has 2 aromatic carbocycles. The summed E-state index contributed by atoms with van der Waals surface area (Å²) in [6.45, 7) is 4.73. The number of aryl methyl sites for hydroxylation is 1. The molecule has 152 valence electrons. The number of para-hydroxylation sites is 1. The summed E-state index contributed by atoms with van der Waals surface area (Å²) in [4.78, 5) is 15.7. The summed E-state index contributed by atoms with van der Waals surface area (Å²) in [6, 6.07) is 17.3. The van der Waals surface area contributed by atoms with Crippen molar-refractivity contribution in [2.24, 2.45) is 5.10 Å². The van der Waals surface area contributed by atoms with E-state index in [9.17, 15) is 4.79 Å². The molecule has 0 aliphatic carbocycles. The Bertz CT molecular complexity index is 1190. The van der Waals surface area contributed by atoms with Gasteiger partial charge >= 0.3 is 0 Å². The molecule has 0 spiro atoms. The first-order valence-electron chi connectivity index (χ1n) is 9.85. The maximum atomic E-state index is 12.4. The normalized spacial score (nSPS) is 11.3. The van der Waals surface area contributed by atoms with Crippen molar-refractivity contribution in [2.45, 2.75) is 20.3 Å². The summed E-state index contributed by atoms with van der Waals surface area (Å²) in [5.41, 5.74) is 7.43. The van der Waals surface area contributed by atoms with Crippen LogP contribution in [0.1, 0.15) is 35.1 Å². The van der Waals surface area contributed by atoms with Crippen molar-refractivity contribution in [1.82, 2.24) is 20.6 Å². The van der Waals surface area contributed by atoms with E-state index < -0.39 is 0 Å². The molecule has 0 bridgehead atoms. The van der Waals surface area contributed by atoms with E-state index >= 15 is 0 Å². The Kier molecular flexibility index (Phi) is 5.61. The van der Waals surface area contributed by atoms with Crippen LogP contribution in [-0.4, -0.2) is 33.9 Å². The molecule has 0 aliphatic rings. The third-order valence-electron chi connectivity index (χ3n) is 4.75. The van der Waals surface area contributed by atoms with Gasteiger partial charge in [0.25, 0.3) is 5.91 Å². The van der Waals surface area contributed by atoms with E-state index in [0.717, 1.165) is 39.9 Å². The Morgan fingerprint density at radius 3 is 2.80 bits per heavy atom. The summed E-state index contributed by atoms with van der Waals surface area (Å²) >= 11 is 0. The molecule has 3 N–H and O–H groups in total. The minimum Gasteiger partial charge on any atom is -0.494 e. The molecule has 0 radical (unpaired) electrons. The number of benzene rings is 2. The highest BCUT2D eigenvalue weighted by atomic mass is 16.5. The zero-order chi connectivity index (χ0) is 20.9. The van der Waals surface area contributed by atoms with Crippen molar-refractivity contribution in [3.63, 3.8) is 0 Å². The van der Waals surface area contributed by atoms with Crippen LogP contribution < -0.4 is 10.2 Å². The molecule has 4 aromatic rings. The van der Waals surface area contributed by atoms with Crippen molar-refractivity contribution in [2.75, 3.05) is 6.61 Å². The number of carbonyl (C=O) groups is 1. The number of fused-ring (bicyclic) bond motifs is 1. The molecule has 4 rings (SSSR count). The number of aromatic amines is 2. The second kappa shape index (κ2) is 8.65. The number of rotatable bonds is 7. The lowest BCUT2D eigenvalue weighted by molar-refractivity contribution is 0.0950. The first-order chi connectivity index (χ1) is 14.7. The summed E-state index contributed by atoms with van der Waals surface area (Å²) in [5, 5.41) is 12.2. The topological polar surface area (TPSA) is 95.2 Å². The minimum absolute atomic E-state index is 0.337. The number of hydrazone groups is 1. The number of ether oxygens (including phenoxy) is 1. The standard InChI is InChI=1S/C23H23N5O2/c1-3-12-30-17-10-8-16(9-11-17)21-13-22(27-26-21)23(29)28-24-14-19-15(2)25-20-7-5-4-6-18(19)20/h4-11,13-14,25H,3,12H2,1-2H3,(H,26,27)(H,28,29). The fourth-order valence-electron chi connectivity index (χ4n) is 3.21. The molecular formula is C23H23N5O2. The number of nitrogens with zero attached hydrogens (tertiary/aromatic N) is 2. The van der Waals surface area contributed by atoms with Gasteiger partial charge in [0.05, 0.1) is 18.5 Å². The van der Waals surface area contributed by atoms with Gasteiger partial charge in [-0.25, -0.2) is 5.43 Å². The van der Waals surface area contributed by atoms with Crippen LogP contribution in [0.2, 0.25) is 0 Å². The van der Waals surface area contributed by atoms with Crippen LogP contribution in [0.15, 0.2) is 59.7 Å². The van der Waals surface area contributed by atoms with E-state index in [1.807, 2.05) is 55.5 Å². The van der Waals surface area contributed by atoms with Crippen LogP contribution in [0.25, 0.3) is 22.2 Å². The monoisotopic (exact) mass is 401 g/mol. The Labute approximate surface area is 174 Å². The van der Waals surface area contributed by atoms with Crippen molar-refractivity contribution < 1.29 is 9.53 Å². The molecule has 0 atom stereocenters. The zero-order valence-electron chi connectivity index (χ0n) is 16.9. The van der Waals surface area contributed by atoms with Crippen LogP contribution in [0, 0.1) is 6.92 Å². The number of carbonyl (C=O) groups excluding carboxylic acids is 1. The maximum Gasteiger partial charge on any atom is 0.289 e. The van der Waals surface area contributed by atoms with Gasteiger partial charge in [-0.2, -0.15) is 10.2 Å². The van der Waals surface area contributed by atoms with Crippen molar-refractivity contribution >= 4 is 23.0 Å². The summed E-state index contributed by atoms with van der Waals surface area (Å²) in [7, 11) is 0. The van der Waals surface area contributed by atoms with Gasteiger partial charge in [-0.15, -0.1) is 0 Å². The SMILES string of the molecule is CCCOc1ccc(-c2cc(C(=O)NN=Cc3c(C)[nH]c4ccccc34)[nH]n2)cc1. The maximum absolute atomic E-state index is 12.4. The molecule has 0 aliphatic heterocycles. The van der Waals surface area contributed by atoms with E-state index in [2.05, 4.69) is 32.6 Å². The second-order valence-electron chi connectivity index (χ2n) is 6.95. The van der Waals surface area contributed by atoms with E-state index in [1.54, 1.807) is 12.3 Å². The zero-order valence-corrected chi connectivity index (χ0v) is 16.9. The van der Waals surface area contributed by atoms with Crippen molar-refractivity contribution in [1.29, 1.82) is 0 Å². The number of H-pyrrole nitrogens is 2. The Morgan fingerprint density at radius 2 is 2.00 bits per heavy atom. The highest BCUT2D eigenvalue weighted by Crippen LogP contribution is 2.22. The van der Waals surface area contributed by atoms with Gasteiger partial charge in [0.2, 0.25) is 0 Å². The number of aromatic nitrogens is 3. The molecule has 2 heterocycles. The summed E-state index contributed by atoms with van der Waals surface area (Å²) in [5.74, 6) is 0.460. The number of amides is 1. The minimum atomic E-state index is -0.356. The number of hydrogen-bond acceptors (Lipinski definition) is 4. The second-order valence-corrected chi connectivity index (χ2v) is 6.95. The Hall–Kier alpha value is -3.87. The third-order valence-corrected chi connectivity index (χ3v) is 4.75. The number of hydrogen-bond donors (Lipinski definition) is 3. The lowest BCUT2D eigenvalue weighted by Gasteiger charge is -2.04. The van der Waals surface area contributed by atoms with E-state index in [-0.39, 0.29) is 5.91 Å². The Balaban J connectivity index is 1.43. The van der Waals surface area contributed by atoms with Crippen LogP contribution in [0.4, 0.5) is 0 Å². The molecule has 1 amide bonds. The van der Waals surface area contributed by atoms with Crippen LogP contribution in [0.5, 0.6) is 5.75 Å². The molecule has 0 fully saturated rings. The van der Waals surface area contributed by atoms with Gasteiger partial charge in [0, 0.05) is 27.7 Å². The predicted molar refractivity (Wildman–Crippen MR) is 118 cm³/mol. The molecule has 30 heavy (non-hydrogen) atoms. The summed E-state index contributed by atoms with van der Waals surface area (Å²) < 4.78 is 5.59. The van der Waals surface area contributed by atoms with Crippen LogP contribution in [0.3, 0.4) is 0 Å². The molecule has 2 aromatic heterocycles. The summed E-state index contributed by atoms with van der Waals surface area (Å²) in [6.07, 6.45) is 2.61. The first kappa shape index (κ1) is 19.4. The molecule has 0 saturated heterocycles. The molecule has 7 nitrogen and oxygen atoms in total. The smallest absolute Gasteiger partial charge is 0.289 e. The van der Waals surface area contributed by atoms with Gasteiger partial charge < -0.3 is 9.72 Å². The van der Waals surface area contributed by atoms with E-state index in [1.165, 1.54) is 0 Å². The lowest BCUT2D eigenvalue weighted by Crippen LogP contribution is -2.18. The van der Waals surface area contributed by atoms with E-state index in [0.29, 0.717) is 18.0 Å².